The summed E-state index contributed by atoms with van der Waals surface area (Å²) in [4.78, 5) is 31.5. The number of pyridine rings is 1. The highest BCUT2D eigenvalue weighted by atomic mass is 16.2. The van der Waals surface area contributed by atoms with Gasteiger partial charge in [-0.25, -0.2) is 4.98 Å². The molecule has 0 aromatic carbocycles. The number of likely N-dealkylation sites (N-methyl/N-ethyl adjacent to an activating group) is 2. The van der Waals surface area contributed by atoms with Crippen molar-refractivity contribution < 1.29 is 9.59 Å². The van der Waals surface area contributed by atoms with Crippen molar-refractivity contribution in [1.29, 1.82) is 0 Å². The van der Waals surface area contributed by atoms with E-state index in [4.69, 9.17) is 0 Å². The predicted octanol–water partition coefficient (Wildman–Crippen LogP) is 1.13. The van der Waals surface area contributed by atoms with Crippen molar-refractivity contribution in [3.8, 4) is 0 Å². The SMILES string of the molecule is CCN(CC)C(=O)CN(C)CC(=O)Nc1cccc(C)n1. The van der Waals surface area contributed by atoms with E-state index in [1.54, 1.807) is 22.9 Å². The minimum atomic E-state index is -0.178. The number of nitrogens with zero attached hydrogens (tertiary/aromatic N) is 3. The maximum Gasteiger partial charge on any atom is 0.239 e. The van der Waals surface area contributed by atoms with Crippen molar-refractivity contribution in [3.05, 3.63) is 23.9 Å². The lowest BCUT2D eigenvalue weighted by Crippen LogP contribution is -2.41. The Hall–Kier alpha value is -1.95. The monoisotopic (exact) mass is 292 g/mol. The van der Waals surface area contributed by atoms with Crippen LogP contribution in [0.15, 0.2) is 18.2 Å². The highest BCUT2D eigenvalue weighted by Crippen LogP contribution is 2.03. The summed E-state index contributed by atoms with van der Waals surface area (Å²) in [7, 11) is 1.75. The standard InChI is InChI=1S/C15H24N4O2/c1-5-19(6-2)15(21)11-18(4)10-14(20)17-13-9-7-8-12(3)16-13/h7-9H,5-6,10-11H2,1-4H3,(H,16,17,20). The van der Waals surface area contributed by atoms with Crippen LogP contribution in [-0.2, 0) is 9.59 Å². The Balaban J connectivity index is 2.45. The number of aryl methyl sites for hydroxylation is 1. The molecule has 0 radical (unpaired) electrons. The number of hydrogen-bond donors (Lipinski definition) is 1. The fourth-order valence-electron chi connectivity index (χ4n) is 2.00. The van der Waals surface area contributed by atoms with Gasteiger partial charge in [-0.3, -0.25) is 14.5 Å². The zero-order valence-electron chi connectivity index (χ0n) is 13.2. The van der Waals surface area contributed by atoms with E-state index in [1.807, 2.05) is 32.9 Å². The van der Waals surface area contributed by atoms with Gasteiger partial charge >= 0.3 is 0 Å². The molecule has 1 rings (SSSR count). The lowest BCUT2D eigenvalue weighted by Gasteiger charge is -2.22. The van der Waals surface area contributed by atoms with E-state index in [0.717, 1.165) is 5.69 Å². The van der Waals surface area contributed by atoms with Gasteiger partial charge < -0.3 is 10.2 Å². The average Bonchev–Trinajstić information content (AvgIpc) is 2.39. The summed E-state index contributed by atoms with van der Waals surface area (Å²) in [6.45, 7) is 7.50. The topological polar surface area (TPSA) is 65.5 Å². The molecule has 0 unspecified atom stereocenters. The molecule has 1 aromatic rings. The van der Waals surface area contributed by atoms with Crippen LogP contribution in [0.3, 0.4) is 0 Å². The predicted molar refractivity (Wildman–Crippen MR) is 83.0 cm³/mol. The van der Waals surface area contributed by atoms with E-state index in [1.165, 1.54) is 0 Å². The zero-order chi connectivity index (χ0) is 15.8. The molecule has 0 spiro atoms. The largest absolute Gasteiger partial charge is 0.342 e. The second-order valence-corrected chi connectivity index (χ2v) is 4.95. The van der Waals surface area contributed by atoms with E-state index in [9.17, 15) is 9.59 Å². The fraction of sp³-hybridized carbons (Fsp3) is 0.533. The fourth-order valence-corrected chi connectivity index (χ4v) is 2.00. The van der Waals surface area contributed by atoms with Gasteiger partial charge in [-0.15, -0.1) is 0 Å². The van der Waals surface area contributed by atoms with Crippen LogP contribution >= 0.6 is 0 Å². The van der Waals surface area contributed by atoms with Crippen molar-refractivity contribution in [1.82, 2.24) is 14.8 Å². The molecule has 0 aliphatic rings. The molecule has 1 heterocycles. The summed E-state index contributed by atoms with van der Waals surface area (Å²) < 4.78 is 0. The highest BCUT2D eigenvalue weighted by Gasteiger charge is 2.14. The first kappa shape index (κ1) is 17.1. The van der Waals surface area contributed by atoms with Gasteiger partial charge in [0.25, 0.3) is 0 Å². The molecule has 0 saturated carbocycles. The second-order valence-electron chi connectivity index (χ2n) is 4.95. The number of carbonyl (C=O) groups excluding carboxylic acids is 2. The van der Waals surface area contributed by atoms with Crippen LogP contribution < -0.4 is 5.32 Å². The van der Waals surface area contributed by atoms with Crippen molar-refractivity contribution in [2.75, 3.05) is 38.5 Å². The maximum absolute atomic E-state index is 11.9. The van der Waals surface area contributed by atoms with Gasteiger partial charge in [0.1, 0.15) is 5.82 Å². The number of carbonyl (C=O) groups is 2. The molecule has 0 atom stereocenters. The molecule has 21 heavy (non-hydrogen) atoms. The molecule has 0 bridgehead atoms. The molecule has 6 nitrogen and oxygen atoms in total. The van der Waals surface area contributed by atoms with Crippen molar-refractivity contribution in [2.45, 2.75) is 20.8 Å². The normalized spacial score (nSPS) is 10.5. The van der Waals surface area contributed by atoms with Crippen LogP contribution in [0.25, 0.3) is 0 Å². The highest BCUT2D eigenvalue weighted by molar-refractivity contribution is 5.91. The third-order valence-corrected chi connectivity index (χ3v) is 3.09. The molecule has 0 saturated heterocycles. The number of nitrogens with one attached hydrogen (secondary N) is 1. The first-order valence-corrected chi connectivity index (χ1v) is 7.16. The molecular weight excluding hydrogens is 268 g/mol. The van der Waals surface area contributed by atoms with Gasteiger partial charge in [-0.05, 0) is 40.0 Å². The Kier molecular flexibility index (Phi) is 6.81. The van der Waals surface area contributed by atoms with Gasteiger partial charge in [0, 0.05) is 18.8 Å². The van der Waals surface area contributed by atoms with Crippen molar-refractivity contribution in [2.24, 2.45) is 0 Å². The minimum absolute atomic E-state index is 0.0315. The maximum atomic E-state index is 11.9. The first-order chi connectivity index (χ1) is 9.96. The molecule has 0 aliphatic heterocycles. The van der Waals surface area contributed by atoms with Gasteiger partial charge in [-0.1, -0.05) is 6.07 Å². The number of anilines is 1. The number of aromatic nitrogens is 1. The van der Waals surface area contributed by atoms with E-state index < -0.39 is 0 Å². The van der Waals surface area contributed by atoms with Crippen LogP contribution in [0.1, 0.15) is 19.5 Å². The number of hydrogen-bond acceptors (Lipinski definition) is 4. The first-order valence-electron chi connectivity index (χ1n) is 7.16. The summed E-state index contributed by atoms with van der Waals surface area (Å²) >= 11 is 0. The summed E-state index contributed by atoms with van der Waals surface area (Å²) in [6.07, 6.45) is 0. The molecule has 116 valence electrons. The lowest BCUT2D eigenvalue weighted by atomic mass is 10.3. The van der Waals surface area contributed by atoms with Crippen molar-refractivity contribution >= 4 is 17.6 Å². The number of rotatable bonds is 7. The smallest absolute Gasteiger partial charge is 0.239 e. The van der Waals surface area contributed by atoms with Crippen LogP contribution in [0.2, 0.25) is 0 Å². The van der Waals surface area contributed by atoms with Gasteiger partial charge in [-0.2, -0.15) is 0 Å². The Morgan fingerprint density at radius 1 is 1.19 bits per heavy atom. The molecule has 0 aliphatic carbocycles. The third-order valence-electron chi connectivity index (χ3n) is 3.09. The number of amides is 2. The van der Waals surface area contributed by atoms with Crippen molar-refractivity contribution in [3.63, 3.8) is 0 Å². The average molecular weight is 292 g/mol. The summed E-state index contributed by atoms with van der Waals surface area (Å²) in [5.41, 5.74) is 0.845. The van der Waals surface area contributed by atoms with Gasteiger partial charge in [0.2, 0.25) is 11.8 Å². The molecular formula is C15H24N4O2. The van der Waals surface area contributed by atoms with Gasteiger partial charge in [0.05, 0.1) is 13.1 Å². The zero-order valence-corrected chi connectivity index (χ0v) is 13.2. The Labute approximate surface area is 126 Å². The van der Waals surface area contributed by atoms with E-state index in [2.05, 4.69) is 10.3 Å². The Morgan fingerprint density at radius 2 is 1.86 bits per heavy atom. The third kappa shape index (κ3) is 5.91. The van der Waals surface area contributed by atoms with Crippen LogP contribution in [0.4, 0.5) is 5.82 Å². The minimum Gasteiger partial charge on any atom is -0.342 e. The second kappa shape index (κ2) is 8.36. The summed E-state index contributed by atoms with van der Waals surface area (Å²) in [5.74, 6) is 0.385. The van der Waals surface area contributed by atoms with Crippen LogP contribution in [0, 0.1) is 6.92 Å². The Bertz CT molecular complexity index is 486. The molecule has 2 amide bonds. The van der Waals surface area contributed by atoms with Crippen LogP contribution in [-0.4, -0.2) is 59.8 Å². The quantitative estimate of drug-likeness (QED) is 0.818. The summed E-state index contributed by atoms with van der Waals surface area (Å²) in [5, 5.41) is 2.73. The molecule has 0 fully saturated rings. The molecule has 1 N–H and O–H groups in total. The molecule has 1 aromatic heterocycles. The van der Waals surface area contributed by atoms with Gasteiger partial charge in [0.15, 0.2) is 0 Å². The van der Waals surface area contributed by atoms with E-state index in [-0.39, 0.29) is 24.9 Å². The van der Waals surface area contributed by atoms with Crippen LogP contribution in [0.5, 0.6) is 0 Å². The van der Waals surface area contributed by atoms with E-state index >= 15 is 0 Å². The van der Waals surface area contributed by atoms with E-state index in [0.29, 0.717) is 18.9 Å². The lowest BCUT2D eigenvalue weighted by molar-refractivity contribution is -0.132. The molecule has 6 heteroatoms. The Morgan fingerprint density at radius 3 is 2.43 bits per heavy atom. The summed E-state index contributed by atoms with van der Waals surface area (Å²) in [6, 6.07) is 5.45.